The molecule has 0 spiro atoms. The van der Waals surface area contributed by atoms with Crippen molar-refractivity contribution in [2.75, 3.05) is 0 Å². The third-order valence-electron chi connectivity index (χ3n) is 1.79. The fourth-order valence-corrected chi connectivity index (χ4v) is 1.86. The third-order valence-corrected chi connectivity index (χ3v) is 2.28. The van der Waals surface area contributed by atoms with E-state index in [2.05, 4.69) is 9.12 Å². The third kappa shape index (κ3) is 5.40. The minimum Gasteiger partial charge on any atom is -0.427 e. The van der Waals surface area contributed by atoms with Gasteiger partial charge in [-0.15, -0.1) is 9.12 Å². The molecule has 0 heterocycles. The van der Waals surface area contributed by atoms with Gasteiger partial charge in [0.15, 0.2) is 0 Å². The highest BCUT2D eigenvalue weighted by Crippen LogP contribution is 2.18. The Balaban J connectivity index is 4.25. The lowest BCUT2D eigenvalue weighted by atomic mass is 9.98. The second-order valence-corrected chi connectivity index (χ2v) is 4.52. The Morgan fingerprint density at radius 2 is 2.36 bits per heavy atom. The quantitative estimate of drug-likeness (QED) is 0.273. The number of rotatable bonds is 8. The molecule has 0 aliphatic rings. The molecule has 0 saturated heterocycles. The maximum Gasteiger partial charge on any atom is 0.312 e. The van der Waals surface area contributed by atoms with Crippen LogP contribution in [0.2, 0.25) is 6.82 Å². The van der Waals surface area contributed by atoms with Gasteiger partial charge >= 0.3 is 6.64 Å². The summed E-state index contributed by atoms with van der Waals surface area (Å²) < 4.78 is 17.7. The first-order chi connectivity index (χ1) is 7.02. The van der Waals surface area contributed by atoms with E-state index in [-0.39, 0.29) is 24.8 Å². The normalized spacial score (nSPS) is 17.9. The molecule has 0 rings (SSSR count). The molecule has 1 radical (unpaired) electrons. The predicted octanol–water partition coefficient (Wildman–Crippen LogP) is 1.07. The fourth-order valence-electron chi connectivity index (χ4n) is 1.15. The Hall–Kier alpha value is 0.500. The van der Waals surface area contributed by atoms with Crippen molar-refractivity contribution in [2.45, 2.75) is 32.9 Å². The van der Waals surface area contributed by atoms with Crippen molar-refractivity contribution in [1.29, 1.82) is 1.34 Å². The molecule has 0 aliphatic carbocycles. The van der Waals surface area contributed by atoms with Gasteiger partial charge in [-0.25, -0.2) is 0 Å². The summed E-state index contributed by atoms with van der Waals surface area (Å²) in [5.74, 6) is -0.254. The molecule has 1 unspecified atom stereocenters. The average Bonchev–Trinajstić information content (AvgIpc) is 2.16. The standard InChI is InChI=1S/C7H16B2O3PS/c1-5(4-10)7(12-14-8)6(2)11-9(3)13/h4-8H,13H2,1-3H3/t5-,6+,7+/m1/s1/i8T. The molecular formula is C7H16B2O3PS. The summed E-state index contributed by atoms with van der Waals surface area (Å²) in [5, 5.41) is 0. The number of carbonyl (C=O) groups is 1. The van der Waals surface area contributed by atoms with Crippen LogP contribution in [0.5, 0.6) is 0 Å². The monoisotopic (exact) mass is 235 g/mol. The Morgan fingerprint density at radius 1 is 1.71 bits per heavy atom. The maximum atomic E-state index is 10.7. The molecule has 0 aromatic heterocycles. The molecule has 0 aromatic rings. The molecular weight excluding hydrogens is 217 g/mol. The van der Waals surface area contributed by atoms with Crippen LogP contribution in [-0.4, -0.2) is 33.6 Å². The summed E-state index contributed by atoms with van der Waals surface area (Å²) in [7, 11) is 3.61. The summed E-state index contributed by atoms with van der Waals surface area (Å²) in [6.45, 7) is 5.54. The molecule has 0 amide bonds. The Labute approximate surface area is 95.2 Å². The van der Waals surface area contributed by atoms with Crippen molar-refractivity contribution in [3.8, 4) is 0 Å². The minimum atomic E-state index is -0.336. The molecule has 79 valence electrons. The van der Waals surface area contributed by atoms with E-state index in [4.69, 9.17) is 10.2 Å². The number of aldehydes is 1. The number of hydrogen-bond donors (Lipinski definition) is 0. The first-order valence-corrected chi connectivity index (χ1v) is 5.88. The Bertz CT molecular complexity index is 190. The van der Waals surface area contributed by atoms with Gasteiger partial charge in [0.05, 0.1) is 6.10 Å². The molecule has 0 saturated carbocycles. The van der Waals surface area contributed by atoms with Crippen molar-refractivity contribution in [1.82, 2.24) is 0 Å². The lowest BCUT2D eigenvalue weighted by Crippen LogP contribution is -2.36. The second-order valence-electron chi connectivity index (χ2n) is 3.20. The number of hydrogen-bond acceptors (Lipinski definition) is 4. The molecule has 3 nitrogen and oxygen atoms in total. The van der Waals surface area contributed by atoms with Crippen LogP contribution in [0, 0.1) is 5.92 Å². The zero-order valence-electron chi connectivity index (χ0n) is 9.67. The summed E-state index contributed by atoms with van der Waals surface area (Å²) in [5.41, 5.74) is 0. The van der Waals surface area contributed by atoms with Crippen molar-refractivity contribution in [3.63, 3.8) is 0 Å². The second kappa shape index (κ2) is 7.75. The zero-order valence-corrected chi connectivity index (χ0v) is 10.6. The average molecular weight is 235 g/mol. The lowest BCUT2D eigenvalue weighted by molar-refractivity contribution is -0.114. The van der Waals surface area contributed by atoms with E-state index in [1.165, 1.54) is 0 Å². The first kappa shape index (κ1) is 12.6. The van der Waals surface area contributed by atoms with Gasteiger partial charge in [-0.2, -0.15) is 0 Å². The summed E-state index contributed by atoms with van der Waals surface area (Å²) in [6, 6.07) is 0. The Kier molecular flexibility index (Phi) is 6.96. The topological polar surface area (TPSA) is 35.5 Å². The maximum absolute atomic E-state index is 10.7. The van der Waals surface area contributed by atoms with Crippen LogP contribution in [0.25, 0.3) is 0 Å². The summed E-state index contributed by atoms with van der Waals surface area (Å²) in [6.07, 6.45) is 0.310. The Morgan fingerprint density at radius 3 is 2.79 bits per heavy atom. The van der Waals surface area contributed by atoms with Crippen LogP contribution >= 0.6 is 21.0 Å². The van der Waals surface area contributed by atoms with Gasteiger partial charge in [0, 0.05) is 5.92 Å². The SMILES string of the molecule is [3H][B]SO[C@@H]([C@H](C)C=O)[C@H](C)OB(C)P. The van der Waals surface area contributed by atoms with E-state index in [0.29, 0.717) is 0 Å². The van der Waals surface area contributed by atoms with Gasteiger partial charge in [0.25, 0.3) is 0 Å². The van der Waals surface area contributed by atoms with Gasteiger partial charge in [-0.3, -0.25) is 0 Å². The smallest absolute Gasteiger partial charge is 0.312 e. The van der Waals surface area contributed by atoms with E-state index in [0.717, 1.165) is 25.3 Å². The number of carbonyl (C=O) groups excluding carboxylic acids is 1. The van der Waals surface area contributed by atoms with Crippen molar-refractivity contribution >= 4 is 41.0 Å². The van der Waals surface area contributed by atoms with Crippen LogP contribution in [0.1, 0.15) is 13.8 Å². The molecule has 0 fully saturated rings. The fraction of sp³-hybridized carbons (Fsp3) is 0.857. The molecule has 0 bridgehead atoms. The molecule has 4 atom stereocenters. The van der Waals surface area contributed by atoms with E-state index in [9.17, 15) is 4.79 Å². The lowest BCUT2D eigenvalue weighted by Gasteiger charge is -2.27. The highest BCUT2D eigenvalue weighted by atomic mass is 32.2. The summed E-state index contributed by atoms with van der Waals surface area (Å²) in [4.78, 5) is 10.7. The molecule has 0 aliphatic heterocycles. The van der Waals surface area contributed by atoms with Crippen LogP contribution in [0.15, 0.2) is 0 Å². The van der Waals surface area contributed by atoms with Gasteiger partial charge in [-0.1, -0.05) is 25.6 Å². The van der Waals surface area contributed by atoms with Crippen LogP contribution < -0.4 is 0 Å². The van der Waals surface area contributed by atoms with Gasteiger partial charge in [-0.05, 0) is 8.26 Å². The highest BCUT2D eigenvalue weighted by molar-refractivity contribution is 8.15. The van der Waals surface area contributed by atoms with Crippen LogP contribution in [0.3, 0.4) is 0 Å². The van der Waals surface area contributed by atoms with Crippen LogP contribution in [0.4, 0.5) is 0 Å². The zero-order chi connectivity index (χ0) is 11.8. The van der Waals surface area contributed by atoms with Crippen molar-refractivity contribution in [2.24, 2.45) is 5.92 Å². The highest BCUT2D eigenvalue weighted by Gasteiger charge is 2.26. The van der Waals surface area contributed by atoms with Crippen molar-refractivity contribution < 1.29 is 13.6 Å². The van der Waals surface area contributed by atoms with E-state index in [1.807, 2.05) is 13.7 Å². The largest absolute Gasteiger partial charge is 0.427 e. The predicted molar refractivity (Wildman–Crippen MR) is 66.7 cm³/mol. The van der Waals surface area contributed by atoms with Crippen molar-refractivity contribution in [3.05, 3.63) is 0 Å². The van der Waals surface area contributed by atoms with Gasteiger partial charge < -0.3 is 13.6 Å². The first-order valence-electron chi connectivity index (χ1n) is 4.99. The van der Waals surface area contributed by atoms with Gasteiger partial charge in [0.2, 0.25) is 7.09 Å². The minimum absolute atomic E-state index is 0.00920. The van der Waals surface area contributed by atoms with E-state index < -0.39 is 0 Å². The molecule has 7 heteroatoms. The van der Waals surface area contributed by atoms with E-state index >= 15 is 0 Å². The van der Waals surface area contributed by atoms with Crippen LogP contribution in [-0.2, 0) is 13.6 Å². The van der Waals surface area contributed by atoms with E-state index in [1.54, 1.807) is 6.92 Å². The molecule has 0 aromatic carbocycles. The molecule has 0 N–H and O–H groups in total. The summed E-state index contributed by atoms with van der Waals surface area (Å²) >= 11 is 0.911. The molecule has 14 heavy (non-hydrogen) atoms. The van der Waals surface area contributed by atoms with Gasteiger partial charge in [0.1, 0.15) is 12.4 Å².